The number of aryl methyl sites for hydroxylation is 3. The molecule has 0 aliphatic carbocycles. The molecule has 5 heteroatoms. The van der Waals surface area contributed by atoms with Crippen molar-refractivity contribution in [3.63, 3.8) is 0 Å². The maximum absolute atomic E-state index is 11.0. The molecule has 1 aromatic carbocycles. The Morgan fingerprint density at radius 2 is 1.90 bits per heavy atom. The van der Waals surface area contributed by atoms with Gasteiger partial charge in [-0.1, -0.05) is 12.1 Å². The van der Waals surface area contributed by atoms with Gasteiger partial charge in [-0.3, -0.25) is 4.68 Å². The molecule has 3 aromatic rings. The summed E-state index contributed by atoms with van der Waals surface area (Å²) in [5.41, 5.74) is 5.47. The van der Waals surface area contributed by atoms with Gasteiger partial charge < -0.3 is 9.67 Å². The lowest BCUT2D eigenvalue weighted by Crippen LogP contribution is -1.99. The number of benzene rings is 1. The summed E-state index contributed by atoms with van der Waals surface area (Å²) in [4.78, 5) is 11.0. The van der Waals surface area contributed by atoms with Gasteiger partial charge >= 0.3 is 5.97 Å². The molecule has 1 N–H and O–H groups in total. The van der Waals surface area contributed by atoms with Gasteiger partial charge in [0, 0.05) is 36.3 Å². The molecule has 5 nitrogen and oxygen atoms in total. The summed E-state index contributed by atoms with van der Waals surface area (Å²) in [6, 6.07) is 7.78. The van der Waals surface area contributed by atoms with E-state index < -0.39 is 5.97 Å². The number of nitrogens with zero attached hydrogens (tertiary/aromatic N) is 3. The number of hydrogen-bond donors (Lipinski definition) is 1. The predicted octanol–water partition coefficient (Wildman–Crippen LogP) is 2.89. The molecule has 2 heterocycles. The highest BCUT2D eigenvalue weighted by atomic mass is 16.4. The van der Waals surface area contributed by atoms with Gasteiger partial charge in [-0.15, -0.1) is 0 Å². The number of carboxylic acid groups (broad SMARTS) is 1. The first-order chi connectivity index (χ1) is 9.90. The molecule has 0 fully saturated rings. The molecule has 0 saturated carbocycles. The number of carbonyl (C=O) groups is 1. The van der Waals surface area contributed by atoms with Crippen molar-refractivity contribution >= 4 is 16.9 Å². The lowest BCUT2D eigenvalue weighted by atomic mass is 10.1. The molecule has 0 unspecified atom stereocenters. The minimum absolute atomic E-state index is 0.0619. The van der Waals surface area contributed by atoms with E-state index in [1.54, 1.807) is 17.8 Å². The van der Waals surface area contributed by atoms with Gasteiger partial charge in [0.1, 0.15) is 0 Å². The monoisotopic (exact) mass is 283 g/mol. The van der Waals surface area contributed by atoms with Crippen LogP contribution >= 0.6 is 0 Å². The van der Waals surface area contributed by atoms with Crippen LogP contribution in [0, 0.1) is 13.8 Å². The van der Waals surface area contributed by atoms with Crippen LogP contribution in [0.25, 0.3) is 22.2 Å². The first-order valence-electron chi connectivity index (χ1n) is 6.73. The largest absolute Gasteiger partial charge is 0.476 e. The smallest absolute Gasteiger partial charge is 0.356 e. The lowest BCUT2D eigenvalue weighted by molar-refractivity contribution is 0.0689. The highest BCUT2D eigenvalue weighted by Gasteiger charge is 2.14. The standard InChI is InChI=1S/C16H17N3O2/c1-9-10(2)18(3)15-7-11(5-6-12(9)15)14-8-13(16(20)21)17-19(14)4/h5-8H,1-4H3,(H,20,21). The van der Waals surface area contributed by atoms with Gasteiger partial charge in [0.2, 0.25) is 0 Å². The van der Waals surface area contributed by atoms with E-state index in [1.165, 1.54) is 16.6 Å². The van der Waals surface area contributed by atoms with Crippen molar-refractivity contribution in [3.05, 3.63) is 41.2 Å². The van der Waals surface area contributed by atoms with Crippen LogP contribution in [0.3, 0.4) is 0 Å². The summed E-state index contributed by atoms with van der Waals surface area (Å²) in [7, 11) is 3.80. The Hall–Kier alpha value is -2.56. The molecule has 0 aliphatic heterocycles. The van der Waals surface area contributed by atoms with Gasteiger partial charge in [0.25, 0.3) is 0 Å². The van der Waals surface area contributed by atoms with Crippen LogP contribution in [0.15, 0.2) is 24.3 Å². The van der Waals surface area contributed by atoms with E-state index >= 15 is 0 Å². The third kappa shape index (κ3) is 1.93. The highest BCUT2D eigenvalue weighted by molar-refractivity contribution is 5.90. The SMILES string of the molecule is Cc1c(C)n(C)c2cc(-c3cc(C(=O)O)nn3C)ccc12. The van der Waals surface area contributed by atoms with Crippen molar-refractivity contribution in [1.82, 2.24) is 14.3 Å². The molecule has 0 amide bonds. The van der Waals surface area contributed by atoms with Crippen LogP contribution in [-0.4, -0.2) is 25.4 Å². The first kappa shape index (κ1) is 13.4. The van der Waals surface area contributed by atoms with Crippen molar-refractivity contribution in [2.45, 2.75) is 13.8 Å². The van der Waals surface area contributed by atoms with Crippen LogP contribution in [0.5, 0.6) is 0 Å². The normalized spacial score (nSPS) is 11.2. The number of rotatable bonds is 2. The van der Waals surface area contributed by atoms with Crippen LogP contribution in [0.4, 0.5) is 0 Å². The van der Waals surface area contributed by atoms with Gasteiger partial charge in [-0.2, -0.15) is 5.10 Å². The first-order valence-corrected chi connectivity index (χ1v) is 6.73. The molecule has 0 saturated heterocycles. The van der Waals surface area contributed by atoms with Crippen LogP contribution in [-0.2, 0) is 14.1 Å². The zero-order valence-corrected chi connectivity index (χ0v) is 12.5. The molecule has 0 bridgehead atoms. The molecule has 0 radical (unpaired) electrons. The van der Waals surface area contributed by atoms with Crippen LogP contribution < -0.4 is 0 Å². The second kappa shape index (κ2) is 4.48. The molecule has 0 atom stereocenters. The van der Waals surface area contributed by atoms with Gasteiger partial charge in [0.15, 0.2) is 5.69 Å². The fraction of sp³-hybridized carbons (Fsp3) is 0.250. The Balaban J connectivity index is 2.22. The molecule has 2 aromatic heterocycles. The van der Waals surface area contributed by atoms with Crippen molar-refractivity contribution in [3.8, 4) is 11.3 Å². The molecular weight excluding hydrogens is 266 g/mol. The minimum atomic E-state index is -1.01. The summed E-state index contributed by atoms with van der Waals surface area (Å²) in [6.45, 7) is 4.21. The van der Waals surface area contributed by atoms with Gasteiger partial charge in [-0.05, 0) is 31.5 Å². The molecule has 21 heavy (non-hydrogen) atoms. The van der Waals surface area contributed by atoms with E-state index in [4.69, 9.17) is 5.11 Å². The minimum Gasteiger partial charge on any atom is -0.476 e. The number of hydrogen-bond acceptors (Lipinski definition) is 2. The highest BCUT2D eigenvalue weighted by Crippen LogP contribution is 2.29. The van der Waals surface area contributed by atoms with E-state index in [2.05, 4.69) is 35.6 Å². The second-order valence-corrected chi connectivity index (χ2v) is 5.34. The van der Waals surface area contributed by atoms with E-state index in [-0.39, 0.29) is 5.69 Å². The fourth-order valence-electron chi connectivity index (χ4n) is 2.75. The zero-order valence-electron chi connectivity index (χ0n) is 12.5. The summed E-state index contributed by atoms with van der Waals surface area (Å²) in [5, 5.41) is 14.3. The van der Waals surface area contributed by atoms with E-state index in [0.717, 1.165) is 16.8 Å². The summed E-state index contributed by atoms with van der Waals surface area (Å²) in [6.07, 6.45) is 0. The second-order valence-electron chi connectivity index (χ2n) is 5.34. The molecular formula is C16H17N3O2. The Labute approximate surface area is 122 Å². The maximum Gasteiger partial charge on any atom is 0.356 e. The number of aromatic carboxylic acids is 1. The summed E-state index contributed by atoms with van der Waals surface area (Å²) < 4.78 is 3.76. The summed E-state index contributed by atoms with van der Waals surface area (Å²) in [5.74, 6) is -1.01. The predicted molar refractivity (Wildman–Crippen MR) is 81.6 cm³/mol. The molecule has 0 aliphatic rings. The van der Waals surface area contributed by atoms with Crippen molar-refractivity contribution in [1.29, 1.82) is 0 Å². The molecule has 0 spiro atoms. The van der Waals surface area contributed by atoms with Crippen molar-refractivity contribution in [2.24, 2.45) is 14.1 Å². The van der Waals surface area contributed by atoms with Crippen molar-refractivity contribution < 1.29 is 9.90 Å². The average Bonchev–Trinajstić information content (AvgIpc) is 2.94. The zero-order chi connectivity index (χ0) is 15.3. The van der Waals surface area contributed by atoms with Gasteiger partial charge in [0.05, 0.1) is 5.69 Å². The molecule has 108 valence electrons. The quantitative estimate of drug-likeness (QED) is 0.786. The lowest BCUT2D eigenvalue weighted by Gasteiger charge is -2.04. The fourth-order valence-corrected chi connectivity index (χ4v) is 2.75. The summed E-state index contributed by atoms with van der Waals surface area (Å²) >= 11 is 0. The Bertz CT molecular complexity index is 871. The van der Waals surface area contributed by atoms with Crippen molar-refractivity contribution in [2.75, 3.05) is 0 Å². The Morgan fingerprint density at radius 3 is 2.52 bits per heavy atom. The third-order valence-electron chi connectivity index (χ3n) is 4.20. The Morgan fingerprint density at radius 1 is 1.19 bits per heavy atom. The average molecular weight is 283 g/mol. The molecule has 3 rings (SSSR count). The van der Waals surface area contributed by atoms with E-state index in [1.807, 2.05) is 13.1 Å². The van der Waals surface area contributed by atoms with Crippen LogP contribution in [0.2, 0.25) is 0 Å². The van der Waals surface area contributed by atoms with E-state index in [0.29, 0.717) is 0 Å². The third-order valence-corrected chi connectivity index (χ3v) is 4.20. The topological polar surface area (TPSA) is 60.1 Å². The number of carboxylic acids is 1. The Kier molecular flexibility index (Phi) is 2.86. The van der Waals surface area contributed by atoms with E-state index in [9.17, 15) is 4.79 Å². The van der Waals surface area contributed by atoms with Crippen LogP contribution in [0.1, 0.15) is 21.7 Å². The van der Waals surface area contributed by atoms with Gasteiger partial charge in [-0.25, -0.2) is 4.79 Å². The number of aromatic nitrogens is 3. The maximum atomic E-state index is 11.0. The number of fused-ring (bicyclic) bond motifs is 1.